The van der Waals surface area contributed by atoms with E-state index < -0.39 is 0 Å². The van der Waals surface area contributed by atoms with Gasteiger partial charge in [-0.1, -0.05) is 30.0 Å². The van der Waals surface area contributed by atoms with Crippen LogP contribution in [-0.4, -0.2) is 39.5 Å². The maximum absolute atomic E-state index is 12.6. The van der Waals surface area contributed by atoms with Gasteiger partial charge in [-0.25, -0.2) is 0 Å². The van der Waals surface area contributed by atoms with E-state index in [0.717, 1.165) is 12.1 Å². The zero-order valence-corrected chi connectivity index (χ0v) is 14.8. The SMILES string of the molecule is O=C(CSc1nncn1-c1ccccc1)c1ccc2c(c1)OCCCO2. The van der Waals surface area contributed by atoms with Crippen molar-refractivity contribution in [1.29, 1.82) is 0 Å². The Morgan fingerprint density at radius 3 is 2.73 bits per heavy atom. The van der Waals surface area contributed by atoms with E-state index in [2.05, 4.69) is 10.2 Å². The molecule has 7 heteroatoms. The second-order valence-electron chi connectivity index (χ2n) is 5.74. The van der Waals surface area contributed by atoms with Gasteiger partial charge in [0.05, 0.1) is 19.0 Å². The van der Waals surface area contributed by atoms with Crippen LogP contribution in [0, 0.1) is 0 Å². The number of ether oxygens (including phenoxy) is 2. The van der Waals surface area contributed by atoms with Gasteiger partial charge < -0.3 is 9.47 Å². The Hall–Kier alpha value is -2.80. The lowest BCUT2D eigenvalue weighted by Gasteiger charge is -2.09. The number of Topliss-reactive ketones (excluding diaryl/α,β-unsaturated/α-hetero) is 1. The normalized spacial score (nSPS) is 13.2. The minimum absolute atomic E-state index is 0.00765. The minimum atomic E-state index is 0.00765. The van der Waals surface area contributed by atoms with Crippen molar-refractivity contribution in [3.05, 3.63) is 60.4 Å². The summed E-state index contributed by atoms with van der Waals surface area (Å²) < 4.78 is 13.1. The number of rotatable bonds is 5. The van der Waals surface area contributed by atoms with Gasteiger partial charge in [-0.2, -0.15) is 0 Å². The predicted molar refractivity (Wildman–Crippen MR) is 98.5 cm³/mol. The third kappa shape index (κ3) is 3.57. The van der Waals surface area contributed by atoms with E-state index in [1.807, 2.05) is 34.9 Å². The topological polar surface area (TPSA) is 66.2 Å². The lowest BCUT2D eigenvalue weighted by Crippen LogP contribution is -2.05. The molecule has 0 N–H and O–H groups in total. The molecule has 2 aromatic carbocycles. The first-order valence-electron chi connectivity index (χ1n) is 8.32. The number of carbonyl (C=O) groups excluding carboxylic acids is 1. The molecule has 26 heavy (non-hydrogen) atoms. The Bertz CT molecular complexity index is 911. The van der Waals surface area contributed by atoms with Gasteiger partial charge in [0.25, 0.3) is 0 Å². The summed E-state index contributed by atoms with van der Waals surface area (Å²) in [5.74, 6) is 1.60. The molecule has 1 aliphatic heterocycles. The van der Waals surface area contributed by atoms with Gasteiger partial charge in [0.1, 0.15) is 6.33 Å². The van der Waals surface area contributed by atoms with Gasteiger partial charge in [0.2, 0.25) is 0 Å². The van der Waals surface area contributed by atoms with Gasteiger partial charge >= 0.3 is 0 Å². The largest absolute Gasteiger partial charge is 0.490 e. The fraction of sp³-hybridized carbons (Fsp3) is 0.211. The number of thioether (sulfide) groups is 1. The number of para-hydroxylation sites is 1. The molecule has 3 aromatic rings. The molecule has 0 fully saturated rings. The quantitative estimate of drug-likeness (QED) is 0.509. The number of ketones is 1. The molecule has 0 saturated heterocycles. The molecule has 1 aromatic heterocycles. The van der Waals surface area contributed by atoms with E-state index >= 15 is 0 Å². The molecular weight excluding hydrogens is 350 g/mol. The van der Waals surface area contributed by atoms with Gasteiger partial charge in [0, 0.05) is 17.7 Å². The molecule has 132 valence electrons. The van der Waals surface area contributed by atoms with Crippen LogP contribution in [0.3, 0.4) is 0 Å². The number of aromatic nitrogens is 3. The number of fused-ring (bicyclic) bond motifs is 1. The molecule has 0 saturated carbocycles. The molecule has 0 bridgehead atoms. The maximum atomic E-state index is 12.6. The van der Waals surface area contributed by atoms with Crippen LogP contribution in [0.15, 0.2) is 60.0 Å². The summed E-state index contributed by atoms with van der Waals surface area (Å²) in [6.45, 7) is 1.23. The zero-order valence-electron chi connectivity index (χ0n) is 14.0. The summed E-state index contributed by atoms with van der Waals surface area (Å²) in [7, 11) is 0. The van der Waals surface area contributed by atoms with Crippen LogP contribution in [0.1, 0.15) is 16.8 Å². The van der Waals surface area contributed by atoms with Crippen LogP contribution in [0.2, 0.25) is 0 Å². The van der Waals surface area contributed by atoms with E-state index in [1.54, 1.807) is 24.5 Å². The van der Waals surface area contributed by atoms with Crippen molar-refractivity contribution < 1.29 is 14.3 Å². The molecule has 2 heterocycles. The van der Waals surface area contributed by atoms with Crippen LogP contribution < -0.4 is 9.47 Å². The van der Waals surface area contributed by atoms with E-state index in [9.17, 15) is 4.79 Å². The van der Waals surface area contributed by atoms with Crippen molar-refractivity contribution in [2.45, 2.75) is 11.6 Å². The number of hydrogen-bond donors (Lipinski definition) is 0. The third-order valence-corrected chi connectivity index (χ3v) is 4.90. The van der Waals surface area contributed by atoms with E-state index in [1.165, 1.54) is 11.8 Å². The molecule has 0 aliphatic carbocycles. The second-order valence-corrected chi connectivity index (χ2v) is 6.69. The highest BCUT2D eigenvalue weighted by atomic mass is 32.2. The Balaban J connectivity index is 1.47. The van der Waals surface area contributed by atoms with Crippen molar-refractivity contribution in [1.82, 2.24) is 14.8 Å². The van der Waals surface area contributed by atoms with Crippen LogP contribution in [0.4, 0.5) is 0 Å². The highest BCUT2D eigenvalue weighted by Crippen LogP contribution is 2.31. The summed E-state index contributed by atoms with van der Waals surface area (Å²) in [5.41, 5.74) is 1.57. The molecule has 6 nitrogen and oxygen atoms in total. The fourth-order valence-electron chi connectivity index (χ4n) is 2.64. The zero-order chi connectivity index (χ0) is 17.8. The smallest absolute Gasteiger partial charge is 0.196 e. The van der Waals surface area contributed by atoms with Crippen LogP contribution in [0.25, 0.3) is 5.69 Å². The fourth-order valence-corrected chi connectivity index (χ4v) is 3.46. The Kier molecular flexibility index (Phi) is 4.88. The van der Waals surface area contributed by atoms with Crippen molar-refractivity contribution in [2.75, 3.05) is 19.0 Å². The minimum Gasteiger partial charge on any atom is -0.490 e. The molecule has 1 aliphatic rings. The molecule has 0 spiro atoms. The van der Waals surface area contributed by atoms with Gasteiger partial charge in [-0.05, 0) is 30.3 Å². The molecule has 4 rings (SSSR count). The Morgan fingerprint density at radius 1 is 1.08 bits per heavy atom. The molecular formula is C19H17N3O3S. The van der Waals surface area contributed by atoms with Gasteiger partial charge in [-0.3, -0.25) is 9.36 Å². The lowest BCUT2D eigenvalue weighted by molar-refractivity contribution is 0.102. The Morgan fingerprint density at radius 2 is 1.88 bits per heavy atom. The summed E-state index contributed by atoms with van der Waals surface area (Å²) in [6, 6.07) is 15.1. The molecule has 0 atom stereocenters. The molecule has 0 unspecified atom stereocenters. The number of nitrogens with zero attached hydrogens (tertiary/aromatic N) is 3. The van der Waals surface area contributed by atoms with Crippen molar-refractivity contribution in [3.63, 3.8) is 0 Å². The second kappa shape index (κ2) is 7.61. The summed E-state index contributed by atoms with van der Waals surface area (Å²) in [5, 5.41) is 8.76. The van der Waals surface area contributed by atoms with E-state index in [4.69, 9.17) is 9.47 Å². The molecule has 0 amide bonds. The first-order valence-corrected chi connectivity index (χ1v) is 9.31. The number of hydrogen-bond acceptors (Lipinski definition) is 6. The average molecular weight is 367 g/mol. The van der Waals surface area contributed by atoms with Crippen molar-refractivity contribution >= 4 is 17.5 Å². The first-order chi connectivity index (χ1) is 12.8. The predicted octanol–water partition coefficient (Wildman–Crippen LogP) is 3.40. The highest BCUT2D eigenvalue weighted by molar-refractivity contribution is 7.99. The van der Waals surface area contributed by atoms with Gasteiger partial charge in [-0.15, -0.1) is 10.2 Å². The lowest BCUT2D eigenvalue weighted by atomic mass is 10.1. The summed E-state index contributed by atoms with van der Waals surface area (Å²) in [6.07, 6.45) is 2.48. The van der Waals surface area contributed by atoms with Crippen LogP contribution >= 0.6 is 11.8 Å². The highest BCUT2D eigenvalue weighted by Gasteiger charge is 2.16. The molecule has 0 radical (unpaired) electrons. The standard InChI is InChI=1S/C19H17N3O3S/c23-16(14-7-8-17-18(11-14)25-10-4-9-24-17)12-26-19-21-20-13-22(19)15-5-2-1-3-6-15/h1-3,5-8,11,13H,4,9-10,12H2. The summed E-state index contributed by atoms with van der Waals surface area (Å²) >= 11 is 1.36. The number of benzene rings is 2. The number of carbonyl (C=O) groups is 1. The van der Waals surface area contributed by atoms with Crippen molar-refractivity contribution in [3.8, 4) is 17.2 Å². The van der Waals surface area contributed by atoms with Crippen molar-refractivity contribution in [2.24, 2.45) is 0 Å². The maximum Gasteiger partial charge on any atom is 0.196 e. The summed E-state index contributed by atoms with van der Waals surface area (Å²) in [4.78, 5) is 12.6. The van der Waals surface area contributed by atoms with Gasteiger partial charge in [0.15, 0.2) is 22.4 Å². The van der Waals surface area contributed by atoms with Crippen LogP contribution in [-0.2, 0) is 0 Å². The van der Waals surface area contributed by atoms with Crippen LogP contribution in [0.5, 0.6) is 11.5 Å². The third-order valence-electron chi connectivity index (χ3n) is 3.95. The average Bonchev–Trinajstić information content (AvgIpc) is 3.03. The first kappa shape index (κ1) is 16.7. The monoisotopic (exact) mass is 367 g/mol. The van der Waals surface area contributed by atoms with E-state index in [-0.39, 0.29) is 11.5 Å². The Labute approximate surface area is 155 Å². The van der Waals surface area contributed by atoms with E-state index in [0.29, 0.717) is 35.4 Å².